The molecule has 1 aliphatic heterocycles. The summed E-state index contributed by atoms with van der Waals surface area (Å²) < 4.78 is 4.99. The Morgan fingerprint density at radius 3 is 2.59 bits per heavy atom. The van der Waals surface area contributed by atoms with Crippen molar-refractivity contribution in [2.24, 2.45) is 5.73 Å². The van der Waals surface area contributed by atoms with E-state index in [-0.39, 0.29) is 12.4 Å². The highest BCUT2D eigenvalue weighted by atomic mass is 16.5. The van der Waals surface area contributed by atoms with Gasteiger partial charge < -0.3 is 15.4 Å². The Hall–Kier alpha value is -1.78. The molecule has 0 saturated carbocycles. The maximum atomic E-state index is 11.8. The molecule has 0 bridgehead atoms. The number of allylic oxidation sites excluding steroid dienone is 2. The van der Waals surface area contributed by atoms with E-state index in [4.69, 9.17) is 10.5 Å². The number of amides is 1. The maximum absolute atomic E-state index is 11.8. The Labute approximate surface area is 101 Å². The summed E-state index contributed by atoms with van der Waals surface area (Å²) in [5.74, 6) is -0.741. The van der Waals surface area contributed by atoms with Gasteiger partial charge in [0.05, 0.1) is 6.61 Å². The Bertz CT molecular complexity index is 325. The average molecular weight is 238 g/mol. The first-order valence-electron chi connectivity index (χ1n) is 5.71. The van der Waals surface area contributed by atoms with E-state index in [2.05, 4.69) is 0 Å². The summed E-state index contributed by atoms with van der Waals surface area (Å²) in [5.41, 5.74) is 5.10. The summed E-state index contributed by atoms with van der Waals surface area (Å²) in [4.78, 5) is 24.3. The third kappa shape index (κ3) is 4.30. The second kappa shape index (κ2) is 6.73. The van der Waals surface area contributed by atoms with Crippen LogP contribution in [-0.2, 0) is 14.3 Å². The third-order valence-electron chi connectivity index (χ3n) is 2.41. The molecule has 5 nitrogen and oxygen atoms in total. The first-order chi connectivity index (χ1) is 8.15. The smallest absolute Gasteiger partial charge is 0.329 e. The number of nitrogens with zero attached hydrogens (tertiary/aromatic N) is 1. The molecule has 0 radical (unpaired) electrons. The molecule has 0 aliphatic carbocycles. The molecule has 0 fully saturated rings. The quantitative estimate of drug-likeness (QED) is 0.698. The Morgan fingerprint density at radius 2 is 2.06 bits per heavy atom. The van der Waals surface area contributed by atoms with Gasteiger partial charge in [-0.25, -0.2) is 4.79 Å². The monoisotopic (exact) mass is 238 g/mol. The van der Waals surface area contributed by atoms with Crippen LogP contribution >= 0.6 is 0 Å². The molecule has 0 aromatic carbocycles. The van der Waals surface area contributed by atoms with Crippen molar-refractivity contribution in [1.82, 2.24) is 4.90 Å². The van der Waals surface area contributed by atoms with Gasteiger partial charge in [-0.3, -0.25) is 4.79 Å². The molecule has 1 atom stereocenters. The van der Waals surface area contributed by atoms with Crippen LogP contribution in [0.2, 0.25) is 0 Å². The molecule has 1 rings (SSSR count). The summed E-state index contributed by atoms with van der Waals surface area (Å²) >= 11 is 0. The molecule has 0 spiro atoms. The van der Waals surface area contributed by atoms with Gasteiger partial charge in [-0.15, -0.1) is 0 Å². The van der Waals surface area contributed by atoms with Crippen molar-refractivity contribution < 1.29 is 14.3 Å². The summed E-state index contributed by atoms with van der Waals surface area (Å²) in [6.07, 6.45) is 8.91. The predicted octanol–water partition coefficient (Wildman–Crippen LogP) is 0.917. The first-order valence-corrected chi connectivity index (χ1v) is 5.71. The second-order valence-corrected chi connectivity index (χ2v) is 3.73. The van der Waals surface area contributed by atoms with Crippen LogP contribution in [0.5, 0.6) is 0 Å². The van der Waals surface area contributed by atoms with Crippen LogP contribution in [0.3, 0.4) is 0 Å². The Kier molecular flexibility index (Phi) is 5.26. The molecule has 0 aromatic heterocycles. The Morgan fingerprint density at radius 1 is 1.41 bits per heavy atom. The average Bonchev–Trinajstić information content (AvgIpc) is 2.30. The molecule has 1 heterocycles. The van der Waals surface area contributed by atoms with E-state index in [1.807, 2.05) is 24.6 Å². The van der Waals surface area contributed by atoms with Crippen molar-refractivity contribution >= 4 is 11.9 Å². The van der Waals surface area contributed by atoms with E-state index in [0.717, 1.165) is 6.42 Å². The number of hydrogen-bond acceptors (Lipinski definition) is 4. The lowest BCUT2D eigenvalue weighted by Crippen LogP contribution is -2.37. The molecule has 1 amide bonds. The lowest BCUT2D eigenvalue weighted by atomic mass is 10.1. The van der Waals surface area contributed by atoms with Crippen molar-refractivity contribution in [3.8, 4) is 0 Å². The zero-order valence-electron chi connectivity index (χ0n) is 9.96. The number of rotatable bonds is 6. The van der Waals surface area contributed by atoms with Crippen molar-refractivity contribution in [3.63, 3.8) is 0 Å². The topological polar surface area (TPSA) is 72.6 Å². The van der Waals surface area contributed by atoms with Gasteiger partial charge in [0.1, 0.15) is 6.04 Å². The fourth-order valence-corrected chi connectivity index (χ4v) is 1.61. The zero-order valence-corrected chi connectivity index (χ0v) is 9.96. The fraction of sp³-hybridized carbons (Fsp3) is 0.500. The first kappa shape index (κ1) is 13.3. The van der Waals surface area contributed by atoms with Gasteiger partial charge in [0.25, 0.3) is 0 Å². The standard InChI is InChI=1S/C12H18N2O3/c1-2-17-12(16)10(6-7-11(13)15)14-8-4-3-5-9-14/h4-5,8-10H,2-3,6-7H2,1H3,(H2,13,15). The minimum atomic E-state index is -0.477. The second-order valence-electron chi connectivity index (χ2n) is 3.73. The minimum Gasteiger partial charge on any atom is -0.464 e. The highest BCUT2D eigenvalue weighted by Crippen LogP contribution is 2.14. The van der Waals surface area contributed by atoms with Crippen LogP contribution in [0.4, 0.5) is 0 Å². The highest BCUT2D eigenvalue weighted by molar-refractivity contribution is 5.78. The van der Waals surface area contributed by atoms with Crippen LogP contribution in [0, 0.1) is 0 Å². The van der Waals surface area contributed by atoms with Gasteiger partial charge in [0.15, 0.2) is 0 Å². The number of ether oxygens (including phenoxy) is 1. The maximum Gasteiger partial charge on any atom is 0.329 e. The van der Waals surface area contributed by atoms with E-state index in [1.165, 1.54) is 0 Å². The molecule has 5 heteroatoms. The molecule has 1 unspecified atom stereocenters. The number of nitrogens with two attached hydrogens (primary N) is 1. The summed E-state index contributed by atoms with van der Waals surface area (Å²) in [6, 6.07) is -0.477. The SMILES string of the molecule is CCOC(=O)C(CCC(N)=O)N1C=CCC=C1. The summed E-state index contributed by atoms with van der Waals surface area (Å²) in [5, 5.41) is 0. The van der Waals surface area contributed by atoms with Crippen LogP contribution < -0.4 is 5.73 Å². The lowest BCUT2D eigenvalue weighted by molar-refractivity contribution is -0.148. The van der Waals surface area contributed by atoms with E-state index < -0.39 is 11.9 Å². The molecular formula is C12H18N2O3. The number of esters is 1. The van der Waals surface area contributed by atoms with Gasteiger partial charge in [-0.2, -0.15) is 0 Å². The molecule has 94 valence electrons. The molecule has 2 N–H and O–H groups in total. The van der Waals surface area contributed by atoms with E-state index in [1.54, 1.807) is 11.8 Å². The van der Waals surface area contributed by atoms with Crippen LogP contribution in [0.25, 0.3) is 0 Å². The van der Waals surface area contributed by atoms with Gasteiger partial charge in [-0.1, -0.05) is 12.2 Å². The summed E-state index contributed by atoms with van der Waals surface area (Å²) in [7, 11) is 0. The molecule has 1 aliphatic rings. The number of carbonyl (C=O) groups is 2. The Balaban J connectivity index is 2.66. The van der Waals surface area contributed by atoms with Crippen molar-refractivity contribution in [2.45, 2.75) is 32.2 Å². The van der Waals surface area contributed by atoms with Crippen molar-refractivity contribution in [2.75, 3.05) is 6.61 Å². The minimum absolute atomic E-state index is 0.168. The summed E-state index contributed by atoms with van der Waals surface area (Å²) in [6.45, 7) is 2.08. The molecule has 17 heavy (non-hydrogen) atoms. The lowest BCUT2D eigenvalue weighted by Gasteiger charge is -2.26. The number of hydrogen-bond donors (Lipinski definition) is 1. The third-order valence-corrected chi connectivity index (χ3v) is 2.41. The van der Waals surface area contributed by atoms with E-state index >= 15 is 0 Å². The van der Waals surface area contributed by atoms with Crippen LogP contribution in [0.15, 0.2) is 24.6 Å². The van der Waals surface area contributed by atoms with Gasteiger partial charge in [0, 0.05) is 18.8 Å². The molecular weight excluding hydrogens is 220 g/mol. The van der Waals surface area contributed by atoms with Crippen molar-refractivity contribution in [1.29, 1.82) is 0 Å². The fourth-order valence-electron chi connectivity index (χ4n) is 1.61. The largest absolute Gasteiger partial charge is 0.464 e. The van der Waals surface area contributed by atoms with Gasteiger partial charge in [-0.05, 0) is 19.8 Å². The molecule has 0 aromatic rings. The predicted molar refractivity (Wildman–Crippen MR) is 63.6 cm³/mol. The van der Waals surface area contributed by atoms with E-state index in [0.29, 0.717) is 13.0 Å². The number of carbonyl (C=O) groups excluding carboxylic acids is 2. The van der Waals surface area contributed by atoms with Crippen molar-refractivity contribution in [3.05, 3.63) is 24.6 Å². The highest BCUT2D eigenvalue weighted by Gasteiger charge is 2.24. The van der Waals surface area contributed by atoms with Crippen LogP contribution in [-0.4, -0.2) is 29.4 Å². The van der Waals surface area contributed by atoms with Gasteiger partial charge in [0.2, 0.25) is 5.91 Å². The zero-order chi connectivity index (χ0) is 12.7. The van der Waals surface area contributed by atoms with Crippen LogP contribution in [0.1, 0.15) is 26.2 Å². The molecule has 0 saturated heterocycles. The number of primary amides is 1. The normalized spacial score (nSPS) is 15.7. The van der Waals surface area contributed by atoms with E-state index in [9.17, 15) is 9.59 Å². The van der Waals surface area contributed by atoms with Gasteiger partial charge >= 0.3 is 5.97 Å².